The molecule has 1 unspecified atom stereocenters. The summed E-state index contributed by atoms with van der Waals surface area (Å²) in [5.74, 6) is 3.74. The summed E-state index contributed by atoms with van der Waals surface area (Å²) >= 11 is 0. The normalized spacial score (nSPS) is 16.5. The number of nitrogens with zero attached hydrogens (tertiary/aromatic N) is 4. The quantitative estimate of drug-likeness (QED) is 0.324. The van der Waals surface area contributed by atoms with Crippen LogP contribution in [-0.4, -0.2) is 39.9 Å². The Morgan fingerprint density at radius 3 is 3.04 bits per heavy atom. The number of halogens is 1. The summed E-state index contributed by atoms with van der Waals surface area (Å²) in [6.07, 6.45) is 2.76. The number of furan rings is 1. The van der Waals surface area contributed by atoms with Crippen molar-refractivity contribution in [3.8, 4) is 0 Å². The molecule has 150 valence electrons. The third kappa shape index (κ3) is 4.84. The van der Waals surface area contributed by atoms with Gasteiger partial charge in [-0.2, -0.15) is 5.10 Å². The number of aromatic nitrogens is 3. The lowest BCUT2D eigenvalue weighted by atomic mass is 10.1. The van der Waals surface area contributed by atoms with E-state index in [9.17, 15) is 0 Å². The van der Waals surface area contributed by atoms with Gasteiger partial charge in [0.15, 0.2) is 5.96 Å². The largest absolute Gasteiger partial charge is 0.461 e. The molecule has 0 radical (unpaired) electrons. The zero-order valence-corrected chi connectivity index (χ0v) is 18.6. The van der Waals surface area contributed by atoms with E-state index in [0.717, 1.165) is 66.7 Å². The van der Waals surface area contributed by atoms with Gasteiger partial charge in [0.25, 0.3) is 0 Å². The van der Waals surface area contributed by atoms with Gasteiger partial charge in [-0.1, -0.05) is 18.2 Å². The van der Waals surface area contributed by atoms with Crippen LogP contribution in [-0.2, 0) is 19.4 Å². The molecule has 3 aromatic rings. The number of rotatable bonds is 5. The standard InChI is InChI=1S/C20H26N6O.HI/c1-3-21-20(24-16-8-9-19-23-14(2)25-26(19)13-16)22-11-10-17-12-15-6-4-5-7-18(15)27-17;/h4-7,12,16H,3,8-11,13H2,1-2H3,(H2,21,22,24);1H. The summed E-state index contributed by atoms with van der Waals surface area (Å²) in [6, 6.07) is 10.5. The second-order valence-electron chi connectivity index (χ2n) is 6.90. The van der Waals surface area contributed by atoms with Gasteiger partial charge in [-0.15, -0.1) is 24.0 Å². The molecule has 1 atom stereocenters. The Labute approximate surface area is 182 Å². The van der Waals surface area contributed by atoms with Crippen molar-refractivity contribution in [2.24, 2.45) is 4.99 Å². The van der Waals surface area contributed by atoms with Gasteiger partial charge in [-0.3, -0.25) is 4.99 Å². The molecule has 7 nitrogen and oxygen atoms in total. The van der Waals surface area contributed by atoms with E-state index in [1.54, 1.807) is 0 Å². The summed E-state index contributed by atoms with van der Waals surface area (Å²) in [7, 11) is 0. The van der Waals surface area contributed by atoms with E-state index < -0.39 is 0 Å². The summed E-state index contributed by atoms with van der Waals surface area (Å²) in [5.41, 5.74) is 0.933. The second-order valence-corrected chi connectivity index (χ2v) is 6.90. The molecule has 2 aromatic heterocycles. The summed E-state index contributed by atoms with van der Waals surface area (Å²) < 4.78 is 7.88. The molecule has 2 N–H and O–H groups in total. The van der Waals surface area contributed by atoms with Crippen LogP contribution in [0.3, 0.4) is 0 Å². The molecule has 1 aromatic carbocycles. The summed E-state index contributed by atoms with van der Waals surface area (Å²) in [5, 5.41) is 12.5. The van der Waals surface area contributed by atoms with Crippen LogP contribution in [0.25, 0.3) is 11.0 Å². The van der Waals surface area contributed by atoms with Gasteiger partial charge >= 0.3 is 0 Å². The Morgan fingerprint density at radius 1 is 1.36 bits per heavy atom. The van der Waals surface area contributed by atoms with Crippen molar-refractivity contribution in [3.63, 3.8) is 0 Å². The van der Waals surface area contributed by atoms with Gasteiger partial charge in [-0.25, -0.2) is 9.67 Å². The molecule has 8 heteroatoms. The third-order valence-electron chi connectivity index (χ3n) is 4.75. The van der Waals surface area contributed by atoms with Crippen LogP contribution >= 0.6 is 24.0 Å². The van der Waals surface area contributed by atoms with E-state index in [2.05, 4.69) is 39.8 Å². The highest BCUT2D eigenvalue weighted by Gasteiger charge is 2.21. The smallest absolute Gasteiger partial charge is 0.191 e. The highest BCUT2D eigenvalue weighted by atomic mass is 127. The van der Waals surface area contributed by atoms with E-state index in [1.165, 1.54) is 0 Å². The third-order valence-corrected chi connectivity index (χ3v) is 4.75. The van der Waals surface area contributed by atoms with Crippen LogP contribution in [0, 0.1) is 6.92 Å². The van der Waals surface area contributed by atoms with Crippen LogP contribution in [0.1, 0.15) is 30.8 Å². The predicted octanol–water partition coefficient (Wildman–Crippen LogP) is 3.06. The van der Waals surface area contributed by atoms with E-state index in [1.807, 2.05) is 29.8 Å². The van der Waals surface area contributed by atoms with Gasteiger partial charge in [0.2, 0.25) is 0 Å². The number of guanidine groups is 1. The Kier molecular flexibility index (Phi) is 6.93. The molecule has 0 bridgehead atoms. The first kappa shape index (κ1) is 20.6. The Hall–Kier alpha value is -2.10. The van der Waals surface area contributed by atoms with Crippen molar-refractivity contribution in [2.45, 2.75) is 45.7 Å². The topological polar surface area (TPSA) is 80.3 Å². The number of fused-ring (bicyclic) bond motifs is 2. The average Bonchev–Trinajstić information content (AvgIpc) is 3.23. The van der Waals surface area contributed by atoms with Crippen LogP contribution in [0.2, 0.25) is 0 Å². The molecule has 0 fully saturated rings. The number of hydrogen-bond acceptors (Lipinski definition) is 4. The maximum absolute atomic E-state index is 5.87. The fourth-order valence-corrected chi connectivity index (χ4v) is 3.50. The number of benzene rings is 1. The van der Waals surface area contributed by atoms with E-state index in [4.69, 9.17) is 9.41 Å². The van der Waals surface area contributed by atoms with Crippen LogP contribution < -0.4 is 10.6 Å². The Morgan fingerprint density at radius 2 is 2.21 bits per heavy atom. The first-order chi connectivity index (χ1) is 13.2. The zero-order valence-electron chi connectivity index (χ0n) is 16.3. The number of aliphatic imine (C=N–C) groups is 1. The fourth-order valence-electron chi connectivity index (χ4n) is 3.50. The molecule has 3 heterocycles. The molecule has 0 saturated carbocycles. The molecule has 0 aliphatic carbocycles. The minimum atomic E-state index is 0. The van der Waals surface area contributed by atoms with Gasteiger partial charge in [0, 0.05) is 37.4 Å². The van der Waals surface area contributed by atoms with Crippen LogP contribution in [0.5, 0.6) is 0 Å². The first-order valence-corrected chi connectivity index (χ1v) is 9.64. The lowest BCUT2D eigenvalue weighted by molar-refractivity contribution is 0.392. The SMILES string of the molecule is CCNC(=NCCc1cc2ccccc2o1)NC1CCc2nc(C)nn2C1.I. The van der Waals surface area contributed by atoms with Crippen molar-refractivity contribution in [2.75, 3.05) is 13.1 Å². The fraction of sp³-hybridized carbons (Fsp3) is 0.450. The van der Waals surface area contributed by atoms with Crippen molar-refractivity contribution in [1.29, 1.82) is 0 Å². The minimum absolute atomic E-state index is 0. The number of hydrogen-bond donors (Lipinski definition) is 2. The molecule has 0 amide bonds. The number of nitrogens with one attached hydrogen (secondary N) is 2. The summed E-state index contributed by atoms with van der Waals surface area (Å²) in [6.45, 7) is 6.35. The van der Waals surface area contributed by atoms with Crippen molar-refractivity contribution in [3.05, 3.63) is 47.7 Å². The number of aryl methyl sites for hydroxylation is 2. The molecular formula is C20H27IN6O. The van der Waals surface area contributed by atoms with Crippen molar-refractivity contribution < 1.29 is 4.42 Å². The average molecular weight is 494 g/mol. The maximum atomic E-state index is 5.87. The van der Waals surface area contributed by atoms with Crippen LogP contribution in [0.15, 0.2) is 39.7 Å². The Balaban J connectivity index is 0.00000225. The van der Waals surface area contributed by atoms with E-state index >= 15 is 0 Å². The first-order valence-electron chi connectivity index (χ1n) is 9.64. The van der Waals surface area contributed by atoms with Crippen LogP contribution in [0.4, 0.5) is 0 Å². The maximum Gasteiger partial charge on any atom is 0.191 e. The van der Waals surface area contributed by atoms with Crippen molar-refractivity contribution in [1.82, 2.24) is 25.4 Å². The molecule has 1 aliphatic rings. The molecule has 4 rings (SSSR count). The van der Waals surface area contributed by atoms with E-state index in [0.29, 0.717) is 12.6 Å². The van der Waals surface area contributed by atoms with Crippen molar-refractivity contribution >= 4 is 40.9 Å². The van der Waals surface area contributed by atoms with Gasteiger partial charge in [0.05, 0.1) is 6.54 Å². The molecule has 28 heavy (non-hydrogen) atoms. The Bertz CT molecular complexity index is 914. The lowest BCUT2D eigenvalue weighted by Crippen LogP contribution is -2.47. The van der Waals surface area contributed by atoms with Gasteiger partial charge in [-0.05, 0) is 32.4 Å². The van der Waals surface area contributed by atoms with Gasteiger partial charge < -0.3 is 15.1 Å². The predicted molar refractivity (Wildman–Crippen MR) is 121 cm³/mol. The minimum Gasteiger partial charge on any atom is -0.461 e. The monoisotopic (exact) mass is 494 g/mol. The zero-order chi connectivity index (χ0) is 18.6. The highest BCUT2D eigenvalue weighted by Crippen LogP contribution is 2.19. The molecular weight excluding hydrogens is 467 g/mol. The lowest BCUT2D eigenvalue weighted by Gasteiger charge is -2.25. The summed E-state index contributed by atoms with van der Waals surface area (Å²) in [4.78, 5) is 9.19. The highest BCUT2D eigenvalue weighted by molar-refractivity contribution is 14.0. The van der Waals surface area contributed by atoms with Gasteiger partial charge in [0.1, 0.15) is 23.0 Å². The molecule has 0 saturated heterocycles. The second kappa shape index (κ2) is 9.40. The van der Waals surface area contributed by atoms with E-state index in [-0.39, 0.29) is 24.0 Å². The number of para-hydroxylation sites is 1. The molecule has 0 spiro atoms. The molecule has 1 aliphatic heterocycles.